The molecule has 1 heteroatoms. The standard InChI is InChI=1S/C17H18O/c1-13-4-3-5-15(8-13)6-7-16-9-14(2)10-17(11-16)12-18/h3-5,8-12H,6-7H2,1-2H3. The van der Waals surface area contributed by atoms with Gasteiger partial charge in [0.05, 0.1) is 0 Å². The fourth-order valence-electron chi connectivity index (χ4n) is 2.26. The fourth-order valence-corrected chi connectivity index (χ4v) is 2.26. The molecule has 0 heterocycles. The van der Waals surface area contributed by atoms with Gasteiger partial charge in [0.15, 0.2) is 0 Å². The summed E-state index contributed by atoms with van der Waals surface area (Å²) in [5.74, 6) is 0. The minimum absolute atomic E-state index is 0.772. The van der Waals surface area contributed by atoms with Crippen molar-refractivity contribution < 1.29 is 4.79 Å². The minimum atomic E-state index is 0.772. The maximum Gasteiger partial charge on any atom is 0.150 e. The van der Waals surface area contributed by atoms with Crippen molar-refractivity contribution in [3.8, 4) is 0 Å². The van der Waals surface area contributed by atoms with Gasteiger partial charge in [-0.2, -0.15) is 0 Å². The van der Waals surface area contributed by atoms with E-state index in [9.17, 15) is 4.79 Å². The van der Waals surface area contributed by atoms with Crippen LogP contribution in [0.4, 0.5) is 0 Å². The molecule has 0 aliphatic rings. The summed E-state index contributed by atoms with van der Waals surface area (Å²) in [5, 5.41) is 0. The Morgan fingerprint density at radius 3 is 2.33 bits per heavy atom. The van der Waals surface area contributed by atoms with Gasteiger partial charge in [-0.1, -0.05) is 41.5 Å². The first kappa shape index (κ1) is 12.6. The highest BCUT2D eigenvalue weighted by molar-refractivity contribution is 5.75. The van der Waals surface area contributed by atoms with Crippen molar-refractivity contribution in [1.82, 2.24) is 0 Å². The lowest BCUT2D eigenvalue weighted by molar-refractivity contribution is 0.112. The van der Waals surface area contributed by atoms with Crippen molar-refractivity contribution in [2.24, 2.45) is 0 Å². The number of hydrogen-bond acceptors (Lipinski definition) is 1. The number of carbonyl (C=O) groups is 1. The number of aldehydes is 1. The Hall–Kier alpha value is -1.89. The van der Waals surface area contributed by atoms with E-state index in [1.54, 1.807) is 0 Å². The van der Waals surface area contributed by atoms with Crippen molar-refractivity contribution in [3.63, 3.8) is 0 Å². The summed E-state index contributed by atoms with van der Waals surface area (Å²) in [6.07, 6.45) is 2.92. The van der Waals surface area contributed by atoms with E-state index in [0.717, 1.165) is 30.3 Å². The summed E-state index contributed by atoms with van der Waals surface area (Å²) in [4.78, 5) is 10.8. The van der Waals surface area contributed by atoms with Gasteiger partial charge in [0, 0.05) is 5.56 Å². The van der Waals surface area contributed by atoms with Gasteiger partial charge in [-0.3, -0.25) is 4.79 Å². The third-order valence-electron chi connectivity index (χ3n) is 3.08. The molecule has 0 N–H and O–H groups in total. The molecule has 0 fully saturated rings. The first-order valence-corrected chi connectivity index (χ1v) is 6.28. The van der Waals surface area contributed by atoms with E-state index in [1.807, 2.05) is 19.1 Å². The molecule has 0 atom stereocenters. The van der Waals surface area contributed by atoms with Crippen LogP contribution in [0.1, 0.15) is 32.6 Å². The van der Waals surface area contributed by atoms with Crippen LogP contribution in [-0.4, -0.2) is 6.29 Å². The van der Waals surface area contributed by atoms with Gasteiger partial charge >= 0.3 is 0 Å². The van der Waals surface area contributed by atoms with Crippen LogP contribution >= 0.6 is 0 Å². The van der Waals surface area contributed by atoms with E-state index in [-0.39, 0.29) is 0 Å². The molecule has 0 saturated carbocycles. The number of hydrogen-bond donors (Lipinski definition) is 0. The second-order valence-corrected chi connectivity index (χ2v) is 4.86. The van der Waals surface area contributed by atoms with E-state index in [0.29, 0.717) is 0 Å². The van der Waals surface area contributed by atoms with Gasteiger partial charge in [-0.15, -0.1) is 0 Å². The molecule has 2 rings (SSSR count). The average Bonchev–Trinajstić information content (AvgIpc) is 2.36. The van der Waals surface area contributed by atoms with Crippen molar-refractivity contribution in [3.05, 3.63) is 70.3 Å². The molecular weight excluding hydrogens is 220 g/mol. The number of rotatable bonds is 4. The Morgan fingerprint density at radius 1 is 0.889 bits per heavy atom. The zero-order valence-corrected chi connectivity index (χ0v) is 10.9. The zero-order valence-electron chi connectivity index (χ0n) is 10.9. The van der Waals surface area contributed by atoms with Gasteiger partial charge in [-0.25, -0.2) is 0 Å². The number of benzene rings is 2. The molecule has 92 valence electrons. The summed E-state index contributed by atoms with van der Waals surface area (Å²) in [5.41, 5.74) is 5.81. The van der Waals surface area contributed by atoms with Crippen LogP contribution in [0, 0.1) is 13.8 Å². The molecule has 0 aliphatic carbocycles. The zero-order chi connectivity index (χ0) is 13.0. The Labute approximate surface area is 108 Å². The molecule has 0 amide bonds. The summed E-state index contributed by atoms with van der Waals surface area (Å²) < 4.78 is 0. The molecule has 0 spiro atoms. The topological polar surface area (TPSA) is 17.1 Å². The first-order chi connectivity index (χ1) is 8.67. The lowest BCUT2D eigenvalue weighted by Crippen LogP contribution is -1.94. The SMILES string of the molecule is Cc1cccc(CCc2cc(C)cc(C=O)c2)c1. The van der Waals surface area contributed by atoms with Gasteiger partial charge in [-0.05, 0) is 49.9 Å². The molecule has 2 aromatic rings. The monoisotopic (exact) mass is 238 g/mol. The lowest BCUT2D eigenvalue weighted by Gasteiger charge is -2.05. The van der Waals surface area contributed by atoms with Crippen LogP contribution < -0.4 is 0 Å². The predicted octanol–water partition coefficient (Wildman–Crippen LogP) is 3.90. The summed E-state index contributed by atoms with van der Waals surface area (Å²) >= 11 is 0. The normalized spacial score (nSPS) is 10.3. The van der Waals surface area contributed by atoms with Crippen LogP contribution in [-0.2, 0) is 12.8 Å². The summed E-state index contributed by atoms with van der Waals surface area (Å²) in [7, 11) is 0. The van der Waals surface area contributed by atoms with E-state index in [1.165, 1.54) is 16.7 Å². The molecule has 2 aromatic carbocycles. The van der Waals surface area contributed by atoms with E-state index >= 15 is 0 Å². The van der Waals surface area contributed by atoms with Crippen LogP contribution in [0.5, 0.6) is 0 Å². The van der Waals surface area contributed by atoms with Crippen LogP contribution in [0.25, 0.3) is 0 Å². The van der Waals surface area contributed by atoms with Crippen LogP contribution in [0.15, 0.2) is 42.5 Å². The summed E-state index contributed by atoms with van der Waals surface area (Å²) in [6, 6.07) is 14.6. The Bertz CT molecular complexity index is 555. The molecule has 1 nitrogen and oxygen atoms in total. The molecule has 0 aliphatic heterocycles. The molecule has 0 bridgehead atoms. The van der Waals surface area contributed by atoms with E-state index in [2.05, 4.69) is 37.3 Å². The molecule has 0 aromatic heterocycles. The van der Waals surface area contributed by atoms with Crippen molar-refractivity contribution >= 4 is 6.29 Å². The largest absolute Gasteiger partial charge is 0.298 e. The fraction of sp³-hybridized carbons (Fsp3) is 0.235. The molecule has 0 radical (unpaired) electrons. The lowest BCUT2D eigenvalue weighted by atomic mass is 10.00. The number of carbonyl (C=O) groups excluding carboxylic acids is 1. The van der Waals surface area contributed by atoms with Gasteiger partial charge in [0.2, 0.25) is 0 Å². The van der Waals surface area contributed by atoms with Gasteiger partial charge < -0.3 is 0 Å². The van der Waals surface area contributed by atoms with Crippen molar-refractivity contribution in [2.75, 3.05) is 0 Å². The summed E-state index contributed by atoms with van der Waals surface area (Å²) in [6.45, 7) is 4.14. The molecule has 0 saturated heterocycles. The van der Waals surface area contributed by atoms with Crippen LogP contribution in [0.2, 0.25) is 0 Å². The maximum absolute atomic E-state index is 10.8. The highest BCUT2D eigenvalue weighted by Gasteiger charge is 2.00. The molecular formula is C17H18O. The smallest absolute Gasteiger partial charge is 0.150 e. The highest BCUT2D eigenvalue weighted by atomic mass is 16.1. The number of aryl methyl sites for hydroxylation is 4. The Balaban J connectivity index is 2.10. The highest BCUT2D eigenvalue weighted by Crippen LogP contribution is 2.12. The quantitative estimate of drug-likeness (QED) is 0.738. The van der Waals surface area contributed by atoms with Crippen molar-refractivity contribution in [2.45, 2.75) is 26.7 Å². The predicted molar refractivity (Wildman–Crippen MR) is 75.2 cm³/mol. The van der Waals surface area contributed by atoms with Crippen LogP contribution in [0.3, 0.4) is 0 Å². The third-order valence-corrected chi connectivity index (χ3v) is 3.08. The van der Waals surface area contributed by atoms with E-state index in [4.69, 9.17) is 0 Å². The average molecular weight is 238 g/mol. The van der Waals surface area contributed by atoms with Gasteiger partial charge in [0.25, 0.3) is 0 Å². The Morgan fingerprint density at radius 2 is 1.61 bits per heavy atom. The third kappa shape index (κ3) is 3.30. The molecule has 18 heavy (non-hydrogen) atoms. The second kappa shape index (κ2) is 5.63. The minimum Gasteiger partial charge on any atom is -0.298 e. The molecule has 0 unspecified atom stereocenters. The van der Waals surface area contributed by atoms with Gasteiger partial charge in [0.1, 0.15) is 6.29 Å². The second-order valence-electron chi connectivity index (χ2n) is 4.86. The van der Waals surface area contributed by atoms with E-state index < -0.39 is 0 Å². The van der Waals surface area contributed by atoms with Crippen molar-refractivity contribution in [1.29, 1.82) is 0 Å². The maximum atomic E-state index is 10.8. The Kier molecular flexibility index (Phi) is 3.93. The first-order valence-electron chi connectivity index (χ1n) is 6.28.